The lowest BCUT2D eigenvalue weighted by Crippen LogP contribution is -2.21. The molecule has 112 valence electrons. The Kier molecular flexibility index (Phi) is 4.06. The van der Waals surface area contributed by atoms with Gasteiger partial charge in [-0.25, -0.2) is 15.0 Å². The summed E-state index contributed by atoms with van der Waals surface area (Å²) in [5.74, 6) is 0.783. The first-order chi connectivity index (χ1) is 10.7. The van der Waals surface area contributed by atoms with Crippen molar-refractivity contribution in [1.29, 1.82) is 0 Å². The van der Waals surface area contributed by atoms with Crippen molar-refractivity contribution in [3.05, 3.63) is 52.7 Å². The molecule has 0 fully saturated rings. The summed E-state index contributed by atoms with van der Waals surface area (Å²) < 4.78 is 6.67. The van der Waals surface area contributed by atoms with E-state index in [0.717, 1.165) is 11.3 Å². The molecule has 1 aromatic carbocycles. The molecule has 22 heavy (non-hydrogen) atoms. The molecular formula is C15H14N4O2S. The molecule has 7 heteroatoms. The van der Waals surface area contributed by atoms with Gasteiger partial charge in [0, 0.05) is 6.20 Å². The van der Waals surface area contributed by atoms with Gasteiger partial charge in [0.25, 0.3) is 5.56 Å². The topological polar surface area (TPSA) is 69.9 Å². The summed E-state index contributed by atoms with van der Waals surface area (Å²) in [5.41, 5.74) is 1.27. The minimum Gasteiger partial charge on any atom is -0.497 e. The summed E-state index contributed by atoms with van der Waals surface area (Å²) in [6.45, 7) is 0.441. The normalized spacial score (nSPS) is 10.8. The molecule has 0 N–H and O–H groups in total. The van der Waals surface area contributed by atoms with Crippen molar-refractivity contribution < 1.29 is 4.74 Å². The Balaban J connectivity index is 1.97. The third-order valence-electron chi connectivity index (χ3n) is 3.25. The number of aromatic nitrogens is 4. The number of hydrogen-bond acceptors (Lipinski definition) is 6. The maximum absolute atomic E-state index is 12.5. The van der Waals surface area contributed by atoms with Crippen molar-refractivity contribution in [2.24, 2.45) is 0 Å². The van der Waals surface area contributed by atoms with Crippen molar-refractivity contribution >= 4 is 22.8 Å². The molecule has 0 bridgehead atoms. The van der Waals surface area contributed by atoms with Gasteiger partial charge in [-0.05, 0) is 24.0 Å². The second kappa shape index (κ2) is 6.15. The summed E-state index contributed by atoms with van der Waals surface area (Å²) in [7, 11) is 1.62. The van der Waals surface area contributed by atoms with Crippen molar-refractivity contribution in [3.8, 4) is 5.75 Å². The largest absolute Gasteiger partial charge is 0.497 e. The molecule has 0 spiro atoms. The third kappa shape index (κ3) is 2.80. The Morgan fingerprint density at radius 2 is 2.00 bits per heavy atom. The van der Waals surface area contributed by atoms with E-state index in [0.29, 0.717) is 22.7 Å². The van der Waals surface area contributed by atoms with Crippen LogP contribution in [-0.4, -0.2) is 32.9 Å². The highest BCUT2D eigenvalue weighted by molar-refractivity contribution is 7.98. The van der Waals surface area contributed by atoms with Crippen LogP contribution in [0, 0.1) is 0 Å². The molecule has 0 radical (unpaired) electrons. The smallest absolute Gasteiger partial charge is 0.264 e. The minimum atomic E-state index is -0.145. The van der Waals surface area contributed by atoms with Crippen molar-refractivity contribution in [1.82, 2.24) is 19.5 Å². The van der Waals surface area contributed by atoms with Crippen LogP contribution in [-0.2, 0) is 6.54 Å². The fourth-order valence-corrected chi connectivity index (χ4v) is 2.41. The lowest BCUT2D eigenvalue weighted by Gasteiger charge is -2.07. The van der Waals surface area contributed by atoms with Gasteiger partial charge in [-0.1, -0.05) is 23.9 Å². The van der Waals surface area contributed by atoms with Crippen molar-refractivity contribution in [2.45, 2.75) is 11.7 Å². The zero-order valence-electron chi connectivity index (χ0n) is 12.2. The van der Waals surface area contributed by atoms with E-state index >= 15 is 0 Å². The summed E-state index contributed by atoms with van der Waals surface area (Å²) in [5, 5.41) is 1.03. The van der Waals surface area contributed by atoms with Gasteiger partial charge in [0.05, 0.1) is 13.7 Å². The van der Waals surface area contributed by atoms with Gasteiger partial charge in [0.2, 0.25) is 0 Å². The van der Waals surface area contributed by atoms with Crippen LogP contribution in [0.15, 0.2) is 46.7 Å². The molecule has 0 saturated heterocycles. The Labute approximate surface area is 131 Å². The highest BCUT2D eigenvalue weighted by atomic mass is 32.2. The van der Waals surface area contributed by atoms with E-state index in [-0.39, 0.29) is 5.56 Å². The number of thioether (sulfide) groups is 1. The molecule has 0 amide bonds. The Morgan fingerprint density at radius 1 is 1.23 bits per heavy atom. The minimum absolute atomic E-state index is 0.145. The lowest BCUT2D eigenvalue weighted by atomic mass is 10.2. The standard InChI is InChI=1S/C15H14N4O2S/c1-21-11-5-3-10(4-6-11)8-19-9-17-13-12(14(19)20)7-16-15(18-13)22-2/h3-7,9H,8H2,1-2H3. The molecule has 0 aliphatic rings. The molecule has 6 nitrogen and oxygen atoms in total. The molecule has 3 rings (SSSR count). The molecule has 0 aliphatic heterocycles. The Hall–Kier alpha value is -2.41. The molecule has 2 aromatic heterocycles. The predicted molar refractivity (Wildman–Crippen MR) is 85.5 cm³/mol. The van der Waals surface area contributed by atoms with Gasteiger partial charge in [0.15, 0.2) is 10.8 Å². The summed E-state index contributed by atoms with van der Waals surface area (Å²) in [6.07, 6.45) is 4.94. The predicted octanol–water partition coefficient (Wildman–Crippen LogP) is 1.97. The molecular weight excluding hydrogens is 300 g/mol. The van der Waals surface area contributed by atoms with E-state index in [1.807, 2.05) is 30.5 Å². The number of hydrogen-bond donors (Lipinski definition) is 0. The van der Waals surface area contributed by atoms with Gasteiger partial charge in [-0.3, -0.25) is 9.36 Å². The molecule has 0 unspecified atom stereocenters. The monoisotopic (exact) mass is 314 g/mol. The van der Waals surface area contributed by atoms with Crippen LogP contribution in [0.2, 0.25) is 0 Å². The second-order valence-corrected chi connectivity index (χ2v) is 5.39. The molecule has 2 heterocycles. The highest BCUT2D eigenvalue weighted by Crippen LogP contribution is 2.13. The Morgan fingerprint density at radius 3 is 2.68 bits per heavy atom. The molecule has 0 saturated carbocycles. The molecule has 0 atom stereocenters. The number of methoxy groups -OCH3 is 1. The zero-order valence-corrected chi connectivity index (χ0v) is 13.0. The highest BCUT2D eigenvalue weighted by Gasteiger charge is 2.07. The lowest BCUT2D eigenvalue weighted by molar-refractivity contribution is 0.414. The van der Waals surface area contributed by atoms with Gasteiger partial charge in [-0.15, -0.1) is 0 Å². The summed E-state index contributed by atoms with van der Waals surface area (Å²) in [6, 6.07) is 7.57. The fourth-order valence-electron chi connectivity index (χ4n) is 2.08. The number of rotatable bonds is 4. The van der Waals surface area contributed by atoms with E-state index in [1.165, 1.54) is 24.3 Å². The van der Waals surface area contributed by atoms with Crippen LogP contribution in [0.3, 0.4) is 0 Å². The Bertz CT molecular complexity index is 862. The van der Waals surface area contributed by atoms with Crippen molar-refractivity contribution in [2.75, 3.05) is 13.4 Å². The van der Waals surface area contributed by atoms with E-state index in [1.54, 1.807) is 11.7 Å². The van der Waals surface area contributed by atoms with Gasteiger partial charge in [0.1, 0.15) is 17.5 Å². The van der Waals surface area contributed by atoms with Gasteiger partial charge < -0.3 is 4.74 Å². The van der Waals surface area contributed by atoms with Gasteiger partial charge in [-0.2, -0.15) is 0 Å². The number of nitrogens with zero attached hydrogens (tertiary/aromatic N) is 4. The number of ether oxygens (including phenoxy) is 1. The van der Waals surface area contributed by atoms with Crippen LogP contribution in [0.25, 0.3) is 11.0 Å². The SMILES string of the molecule is COc1ccc(Cn2cnc3nc(SC)ncc3c2=O)cc1. The quantitative estimate of drug-likeness (QED) is 0.541. The van der Waals surface area contributed by atoms with E-state index in [4.69, 9.17) is 4.74 Å². The average molecular weight is 314 g/mol. The third-order valence-corrected chi connectivity index (χ3v) is 3.81. The first kappa shape index (κ1) is 14.5. The van der Waals surface area contributed by atoms with Crippen LogP contribution in [0.1, 0.15) is 5.56 Å². The van der Waals surface area contributed by atoms with Crippen LogP contribution in [0.4, 0.5) is 0 Å². The maximum atomic E-state index is 12.5. The first-order valence-electron chi connectivity index (χ1n) is 6.60. The first-order valence-corrected chi connectivity index (χ1v) is 7.83. The zero-order chi connectivity index (χ0) is 15.5. The van der Waals surface area contributed by atoms with Gasteiger partial charge >= 0.3 is 0 Å². The molecule has 3 aromatic rings. The van der Waals surface area contributed by atoms with Crippen LogP contribution in [0.5, 0.6) is 5.75 Å². The number of fused-ring (bicyclic) bond motifs is 1. The summed E-state index contributed by atoms with van der Waals surface area (Å²) in [4.78, 5) is 25.1. The molecule has 0 aliphatic carbocycles. The maximum Gasteiger partial charge on any atom is 0.264 e. The summed E-state index contributed by atoms with van der Waals surface area (Å²) >= 11 is 1.42. The second-order valence-electron chi connectivity index (χ2n) is 4.62. The van der Waals surface area contributed by atoms with E-state index < -0.39 is 0 Å². The van der Waals surface area contributed by atoms with E-state index in [2.05, 4.69) is 15.0 Å². The van der Waals surface area contributed by atoms with Crippen LogP contribution < -0.4 is 10.3 Å². The average Bonchev–Trinajstić information content (AvgIpc) is 2.57. The number of benzene rings is 1. The fraction of sp³-hybridized carbons (Fsp3) is 0.200. The van der Waals surface area contributed by atoms with Crippen molar-refractivity contribution in [3.63, 3.8) is 0 Å². The van der Waals surface area contributed by atoms with Crippen LogP contribution >= 0.6 is 11.8 Å². The van der Waals surface area contributed by atoms with E-state index in [9.17, 15) is 4.79 Å².